The van der Waals surface area contributed by atoms with Crippen molar-refractivity contribution in [3.05, 3.63) is 36.1 Å². The molecule has 1 aliphatic rings. The maximum atomic E-state index is 6.04. The monoisotopic (exact) mass is 271 g/mol. The van der Waals surface area contributed by atoms with Gasteiger partial charge in [0.05, 0.1) is 6.04 Å². The number of hydrogen-bond donors (Lipinski definition) is 1. The molecule has 1 aliphatic carbocycles. The Morgan fingerprint density at radius 2 is 2.05 bits per heavy atom. The molecule has 2 nitrogen and oxygen atoms in total. The third-order valence-corrected chi connectivity index (χ3v) is 4.58. The molecule has 1 atom stereocenters. The second-order valence-electron chi connectivity index (χ2n) is 6.02. The van der Waals surface area contributed by atoms with Crippen LogP contribution in [0.4, 0.5) is 0 Å². The first-order valence-electron chi connectivity index (χ1n) is 8.08. The van der Waals surface area contributed by atoms with Gasteiger partial charge in [0.15, 0.2) is 0 Å². The highest BCUT2D eigenvalue weighted by molar-refractivity contribution is 5.77. The van der Waals surface area contributed by atoms with Gasteiger partial charge in [-0.15, -0.1) is 0 Å². The second kappa shape index (κ2) is 6.45. The highest BCUT2D eigenvalue weighted by atomic mass is 16.3. The first-order chi connectivity index (χ1) is 9.86. The molecule has 0 bridgehead atoms. The van der Waals surface area contributed by atoms with Crippen molar-refractivity contribution in [2.75, 3.05) is 6.54 Å². The van der Waals surface area contributed by atoms with Gasteiger partial charge in [-0.05, 0) is 37.4 Å². The lowest BCUT2D eigenvalue weighted by molar-refractivity contribution is 0.372. The zero-order chi connectivity index (χ0) is 13.8. The average Bonchev–Trinajstić information content (AvgIpc) is 3.12. The molecule has 1 saturated carbocycles. The number of para-hydroxylation sites is 1. The fourth-order valence-corrected chi connectivity index (χ4v) is 3.47. The number of fused-ring (bicyclic) bond motifs is 1. The number of benzene rings is 1. The van der Waals surface area contributed by atoms with Gasteiger partial charge in [-0.2, -0.15) is 0 Å². The Kier molecular flexibility index (Phi) is 4.41. The first kappa shape index (κ1) is 13.7. The van der Waals surface area contributed by atoms with E-state index in [0.717, 1.165) is 23.8 Å². The van der Waals surface area contributed by atoms with Crippen molar-refractivity contribution in [2.24, 2.45) is 5.92 Å². The molecular formula is C18H25NO. The van der Waals surface area contributed by atoms with E-state index in [1.807, 2.05) is 6.07 Å². The molecule has 0 amide bonds. The number of furan rings is 1. The van der Waals surface area contributed by atoms with E-state index in [0.29, 0.717) is 6.04 Å². The summed E-state index contributed by atoms with van der Waals surface area (Å²) in [6, 6.07) is 10.9. The van der Waals surface area contributed by atoms with Gasteiger partial charge < -0.3 is 9.73 Å². The van der Waals surface area contributed by atoms with Crippen molar-refractivity contribution < 1.29 is 4.42 Å². The van der Waals surface area contributed by atoms with E-state index in [1.165, 1.54) is 43.9 Å². The molecule has 2 heteroatoms. The molecule has 0 saturated heterocycles. The van der Waals surface area contributed by atoms with Gasteiger partial charge in [0.2, 0.25) is 0 Å². The summed E-state index contributed by atoms with van der Waals surface area (Å²) < 4.78 is 6.04. The Labute approximate surface area is 121 Å². The summed E-state index contributed by atoms with van der Waals surface area (Å²) >= 11 is 0. The SMILES string of the molecule is CCNC(CCC1CCCC1)c1cc2ccccc2o1. The maximum Gasteiger partial charge on any atom is 0.134 e. The predicted molar refractivity (Wildman–Crippen MR) is 83.8 cm³/mol. The van der Waals surface area contributed by atoms with Crippen molar-refractivity contribution in [3.63, 3.8) is 0 Å². The molecule has 1 fully saturated rings. The van der Waals surface area contributed by atoms with Crippen molar-refractivity contribution in [1.29, 1.82) is 0 Å². The van der Waals surface area contributed by atoms with Gasteiger partial charge in [-0.1, -0.05) is 50.8 Å². The molecule has 1 aromatic heterocycles. The Balaban J connectivity index is 1.71. The standard InChI is InChI=1S/C18H25NO/c1-2-19-16(12-11-14-7-3-4-8-14)18-13-15-9-5-6-10-17(15)20-18/h5-6,9-10,13-14,16,19H,2-4,7-8,11-12H2,1H3. The van der Waals surface area contributed by atoms with E-state index in [-0.39, 0.29) is 0 Å². The zero-order valence-corrected chi connectivity index (χ0v) is 12.4. The van der Waals surface area contributed by atoms with Gasteiger partial charge >= 0.3 is 0 Å². The van der Waals surface area contributed by atoms with E-state index in [4.69, 9.17) is 4.42 Å². The van der Waals surface area contributed by atoms with Crippen LogP contribution in [0.15, 0.2) is 34.7 Å². The van der Waals surface area contributed by atoms with Crippen LogP contribution in [0.1, 0.15) is 57.3 Å². The molecule has 108 valence electrons. The van der Waals surface area contributed by atoms with Crippen LogP contribution < -0.4 is 5.32 Å². The van der Waals surface area contributed by atoms with Gasteiger partial charge in [0.1, 0.15) is 11.3 Å². The fraction of sp³-hybridized carbons (Fsp3) is 0.556. The quantitative estimate of drug-likeness (QED) is 0.795. The second-order valence-corrected chi connectivity index (χ2v) is 6.02. The van der Waals surface area contributed by atoms with Crippen LogP contribution in [0.3, 0.4) is 0 Å². The molecule has 0 radical (unpaired) electrons. The van der Waals surface area contributed by atoms with E-state index in [9.17, 15) is 0 Å². The summed E-state index contributed by atoms with van der Waals surface area (Å²) in [5.41, 5.74) is 1.01. The minimum atomic E-state index is 0.369. The zero-order valence-electron chi connectivity index (χ0n) is 12.4. The molecule has 2 aromatic rings. The summed E-state index contributed by atoms with van der Waals surface area (Å²) in [6.07, 6.45) is 8.24. The number of rotatable bonds is 6. The van der Waals surface area contributed by atoms with E-state index < -0.39 is 0 Å². The van der Waals surface area contributed by atoms with Crippen LogP contribution in [0, 0.1) is 5.92 Å². The first-order valence-corrected chi connectivity index (χ1v) is 8.08. The Morgan fingerprint density at radius 1 is 1.25 bits per heavy atom. The van der Waals surface area contributed by atoms with Gasteiger partial charge in [0, 0.05) is 5.39 Å². The molecule has 1 unspecified atom stereocenters. The van der Waals surface area contributed by atoms with Crippen LogP contribution >= 0.6 is 0 Å². The Bertz CT molecular complexity index is 506. The fourth-order valence-electron chi connectivity index (χ4n) is 3.47. The van der Waals surface area contributed by atoms with E-state index >= 15 is 0 Å². The largest absolute Gasteiger partial charge is 0.459 e. The van der Waals surface area contributed by atoms with Crippen molar-refractivity contribution in [2.45, 2.75) is 51.5 Å². The molecule has 1 N–H and O–H groups in total. The summed E-state index contributed by atoms with van der Waals surface area (Å²) in [7, 11) is 0. The van der Waals surface area contributed by atoms with Crippen molar-refractivity contribution in [1.82, 2.24) is 5.32 Å². The topological polar surface area (TPSA) is 25.2 Å². The van der Waals surface area contributed by atoms with E-state index in [1.54, 1.807) is 0 Å². The summed E-state index contributed by atoms with van der Waals surface area (Å²) in [5.74, 6) is 2.05. The number of hydrogen-bond acceptors (Lipinski definition) is 2. The summed E-state index contributed by atoms with van der Waals surface area (Å²) in [6.45, 7) is 3.16. The van der Waals surface area contributed by atoms with E-state index in [2.05, 4.69) is 36.5 Å². The molecule has 1 heterocycles. The van der Waals surface area contributed by atoms with Crippen LogP contribution in [-0.4, -0.2) is 6.54 Å². The van der Waals surface area contributed by atoms with Gasteiger partial charge in [-0.25, -0.2) is 0 Å². The minimum absolute atomic E-state index is 0.369. The Hall–Kier alpha value is -1.28. The molecule has 0 spiro atoms. The molecule has 1 aromatic carbocycles. The molecule has 3 rings (SSSR count). The van der Waals surface area contributed by atoms with Gasteiger partial charge in [0.25, 0.3) is 0 Å². The summed E-state index contributed by atoms with van der Waals surface area (Å²) in [4.78, 5) is 0. The maximum absolute atomic E-state index is 6.04. The van der Waals surface area contributed by atoms with Crippen LogP contribution in [-0.2, 0) is 0 Å². The minimum Gasteiger partial charge on any atom is -0.459 e. The van der Waals surface area contributed by atoms with Crippen molar-refractivity contribution in [3.8, 4) is 0 Å². The molecule has 20 heavy (non-hydrogen) atoms. The number of nitrogens with one attached hydrogen (secondary N) is 1. The highest BCUT2D eigenvalue weighted by Gasteiger charge is 2.20. The lowest BCUT2D eigenvalue weighted by atomic mass is 9.97. The predicted octanol–water partition coefficient (Wildman–Crippen LogP) is 5.05. The lowest BCUT2D eigenvalue weighted by Crippen LogP contribution is -2.21. The Morgan fingerprint density at radius 3 is 2.80 bits per heavy atom. The highest BCUT2D eigenvalue weighted by Crippen LogP contribution is 2.32. The van der Waals surface area contributed by atoms with Crippen LogP contribution in [0.2, 0.25) is 0 Å². The van der Waals surface area contributed by atoms with Crippen LogP contribution in [0.25, 0.3) is 11.0 Å². The average molecular weight is 271 g/mol. The molecular weight excluding hydrogens is 246 g/mol. The summed E-state index contributed by atoms with van der Waals surface area (Å²) in [5, 5.41) is 4.80. The van der Waals surface area contributed by atoms with Crippen molar-refractivity contribution >= 4 is 11.0 Å². The smallest absolute Gasteiger partial charge is 0.134 e. The van der Waals surface area contributed by atoms with Crippen LogP contribution in [0.5, 0.6) is 0 Å². The lowest BCUT2D eigenvalue weighted by Gasteiger charge is -2.17. The third kappa shape index (κ3) is 3.06. The molecule has 0 aliphatic heterocycles. The normalized spacial score (nSPS) is 17.9. The van der Waals surface area contributed by atoms with Gasteiger partial charge in [-0.3, -0.25) is 0 Å². The third-order valence-electron chi connectivity index (χ3n) is 4.58.